The van der Waals surface area contributed by atoms with Crippen LogP contribution in [0.25, 0.3) is 0 Å². The third-order valence-electron chi connectivity index (χ3n) is 6.53. The number of carbonyl (C=O) groups excluding carboxylic acids is 1. The number of nitrogens with one attached hydrogen (secondary N) is 2. The van der Waals surface area contributed by atoms with Crippen LogP contribution in [-0.4, -0.2) is 60.6 Å². The summed E-state index contributed by atoms with van der Waals surface area (Å²) in [6.07, 6.45) is -0.809. The number of hydrogen-bond donors (Lipinski definition) is 2. The van der Waals surface area contributed by atoms with Crippen LogP contribution in [-0.2, 0) is 22.7 Å². The smallest absolute Gasteiger partial charge is 0.365 e. The Morgan fingerprint density at radius 2 is 1.93 bits per heavy atom. The maximum atomic E-state index is 13.8. The summed E-state index contributed by atoms with van der Waals surface area (Å²) in [5.41, 5.74) is 0.152. The summed E-state index contributed by atoms with van der Waals surface area (Å²) in [5.74, 6) is -0.687. The second-order valence-corrected chi connectivity index (χ2v) is 12.4. The summed E-state index contributed by atoms with van der Waals surface area (Å²) in [7, 11) is -2.35. The number of sulfonamides is 1. The quantitative estimate of drug-likeness (QED) is 0.401. The molecule has 1 amide bonds. The molecule has 1 aliphatic heterocycles. The standard InChI is InChI=1S/C26H30F3N7O3S/c1-25(2)10-12-36(16-25)23(37)17-7-5-9-19(13-17)33-24-32-15-20(26(27,28)29)21(34-24)31-14-18-8-6-11-30-22(18)35(3)40(4,38)39/h5-9,11,13,15H,10,12,14,16H2,1-4H3,(H2,31,32,33,34). The molecule has 3 aromatic rings. The van der Waals surface area contributed by atoms with E-state index in [2.05, 4.69) is 39.4 Å². The molecular formula is C26H30F3N7O3S. The van der Waals surface area contributed by atoms with Gasteiger partial charge in [-0.3, -0.25) is 9.10 Å². The van der Waals surface area contributed by atoms with Crippen molar-refractivity contribution in [1.29, 1.82) is 0 Å². The summed E-state index contributed by atoms with van der Waals surface area (Å²) >= 11 is 0. The fourth-order valence-corrected chi connectivity index (χ4v) is 4.78. The minimum Gasteiger partial charge on any atom is -0.365 e. The van der Waals surface area contributed by atoms with Crippen molar-refractivity contribution in [3.05, 3.63) is 65.5 Å². The van der Waals surface area contributed by atoms with Crippen LogP contribution in [0.1, 0.15) is 41.8 Å². The molecule has 2 N–H and O–H groups in total. The highest BCUT2D eigenvalue weighted by Gasteiger charge is 2.36. The van der Waals surface area contributed by atoms with Gasteiger partial charge in [-0.15, -0.1) is 0 Å². The average Bonchev–Trinajstić information content (AvgIpc) is 3.25. The summed E-state index contributed by atoms with van der Waals surface area (Å²) in [5, 5.41) is 5.52. The number of nitrogens with zero attached hydrogens (tertiary/aromatic N) is 5. The van der Waals surface area contributed by atoms with Crippen LogP contribution in [0.15, 0.2) is 48.8 Å². The van der Waals surface area contributed by atoms with Gasteiger partial charge in [0.2, 0.25) is 16.0 Å². The SMILES string of the molecule is CN(c1ncccc1CNc1nc(Nc2cccc(C(=O)N3CCC(C)(C)C3)c2)ncc1C(F)(F)F)S(C)(=O)=O. The van der Waals surface area contributed by atoms with Gasteiger partial charge in [-0.25, -0.2) is 18.4 Å². The van der Waals surface area contributed by atoms with Crippen molar-refractivity contribution in [2.45, 2.75) is 33.0 Å². The third-order valence-corrected chi connectivity index (χ3v) is 7.70. The number of hydrogen-bond acceptors (Lipinski definition) is 8. The van der Waals surface area contributed by atoms with Crippen LogP contribution < -0.4 is 14.9 Å². The first-order chi connectivity index (χ1) is 18.6. The Morgan fingerprint density at radius 1 is 1.18 bits per heavy atom. The molecule has 0 saturated carbocycles. The number of halogens is 3. The highest BCUT2D eigenvalue weighted by molar-refractivity contribution is 7.92. The van der Waals surface area contributed by atoms with Gasteiger partial charge in [0.25, 0.3) is 5.91 Å². The molecule has 1 aliphatic rings. The molecule has 1 saturated heterocycles. The molecule has 0 aliphatic carbocycles. The number of amides is 1. The van der Waals surface area contributed by atoms with E-state index in [1.807, 2.05) is 0 Å². The molecule has 1 aromatic carbocycles. The fraction of sp³-hybridized carbons (Fsp3) is 0.385. The Balaban J connectivity index is 1.57. The number of aromatic nitrogens is 3. The van der Waals surface area contributed by atoms with Crippen LogP contribution in [0, 0.1) is 5.41 Å². The van der Waals surface area contributed by atoms with Crippen molar-refractivity contribution in [3.8, 4) is 0 Å². The topological polar surface area (TPSA) is 120 Å². The van der Waals surface area contributed by atoms with Gasteiger partial charge in [0.05, 0.1) is 6.26 Å². The van der Waals surface area contributed by atoms with Crippen molar-refractivity contribution in [1.82, 2.24) is 19.9 Å². The lowest BCUT2D eigenvalue weighted by molar-refractivity contribution is -0.137. The van der Waals surface area contributed by atoms with Crippen LogP contribution >= 0.6 is 0 Å². The first-order valence-corrected chi connectivity index (χ1v) is 14.2. The minimum absolute atomic E-state index is 0.0414. The van der Waals surface area contributed by atoms with Crippen LogP contribution in [0.2, 0.25) is 0 Å². The largest absolute Gasteiger partial charge is 0.421 e. The minimum atomic E-state index is -4.75. The lowest BCUT2D eigenvalue weighted by Gasteiger charge is -2.20. The van der Waals surface area contributed by atoms with Crippen molar-refractivity contribution >= 4 is 39.2 Å². The molecule has 0 spiro atoms. The molecule has 4 rings (SSSR count). The second kappa shape index (κ2) is 10.9. The Kier molecular flexibility index (Phi) is 7.92. The van der Waals surface area contributed by atoms with E-state index < -0.39 is 27.6 Å². The predicted molar refractivity (Wildman–Crippen MR) is 146 cm³/mol. The van der Waals surface area contributed by atoms with E-state index in [1.165, 1.54) is 13.2 Å². The third kappa shape index (κ3) is 6.79. The first-order valence-electron chi connectivity index (χ1n) is 12.4. The zero-order valence-electron chi connectivity index (χ0n) is 22.5. The number of anilines is 4. The van der Waals surface area contributed by atoms with Gasteiger partial charge >= 0.3 is 6.18 Å². The van der Waals surface area contributed by atoms with E-state index in [4.69, 9.17) is 0 Å². The molecule has 0 unspecified atom stereocenters. The zero-order chi connectivity index (χ0) is 29.3. The molecule has 214 valence electrons. The van der Waals surface area contributed by atoms with E-state index in [0.29, 0.717) is 36.1 Å². The van der Waals surface area contributed by atoms with Crippen molar-refractivity contribution in [2.24, 2.45) is 5.41 Å². The lowest BCUT2D eigenvalue weighted by Crippen LogP contribution is -2.30. The molecule has 0 bridgehead atoms. The molecule has 10 nitrogen and oxygen atoms in total. The van der Waals surface area contributed by atoms with E-state index in [0.717, 1.165) is 17.0 Å². The van der Waals surface area contributed by atoms with Crippen molar-refractivity contribution in [2.75, 3.05) is 41.3 Å². The number of benzene rings is 1. The monoisotopic (exact) mass is 577 g/mol. The molecule has 40 heavy (non-hydrogen) atoms. The number of alkyl halides is 3. The number of likely N-dealkylation sites (tertiary alicyclic amines) is 1. The molecule has 14 heteroatoms. The fourth-order valence-electron chi connectivity index (χ4n) is 4.30. The maximum absolute atomic E-state index is 13.8. The Morgan fingerprint density at radius 3 is 2.58 bits per heavy atom. The average molecular weight is 578 g/mol. The molecule has 0 atom stereocenters. The van der Waals surface area contributed by atoms with Crippen molar-refractivity contribution < 1.29 is 26.4 Å². The normalized spacial score (nSPS) is 15.1. The highest BCUT2D eigenvalue weighted by atomic mass is 32.2. The van der Waals surface area contributed by atoms with Gasteiger partial charge in [0, 0.05) is 55.9 Å². The summed E-state index contributed by atoms with van der Waals surface area (Å²) in [4.78, 5) is 26.7. The summed E-state index contributed by atoms with van der Waals surface area (Å²) in [6, 6.07) is 9.70. The zero-order valence-corrected chi connectivity index (χ0v) is 23.3. The van der Waals surface area contributed by atoms with E-state index in [-0.39, 0.29) is 29.6 Å². The Bertz CT molecular complexity index is 1510. The van der Waals surface area contributed by atoms with Crippen LogP contribution in [0.4, 0.5) is 36.4 Å². The first kappa shape index (κ1) is 29.1. The van der Waals surface area contributed by atoms with E-state index in [1.54, 1.807) is 41.3 Å². The van der Waals surface area contributed by atoms with E-state index in [9.17, 15) is 26.4 Å². The van der Waals surface area contributed by atoms with Gasteiger partial charge < -0.3 is 15.5 Å². The van der Waals surface area contributed by atoms with Gasteiger partial charge in [-0.05, 0) is 36.1 Å². The van der Waals surface area contributed by atoms with Crippen molar-refractivity contribution in [3.63, 3.8) is 0 Å². The van der Waals surface area contributed by atoms with E-state index >= 15 is 0 Å². The lowest BCUT2D eigenvalue weighted by atomic mass is 9.93. The Labute approximate surface area is 230 Å². The molecule has 1 fully saturated rings. The molecule has 0 radical (unpaired) electrons. The van der Waals surface area contributed by atoms with Gasteiger partial charge in [-0.2, -0.15) is 18.2 Å². The van der Waals surface area contributed by atoms with Crippen LogP contribution in [0.3, 0.4) is 0 Å². The molecule has 2 aromatic heterocycles. The summed E-state index contributed by atoms with van der Waals surface area (Å²) < 4.78 is 66.2. The van der Waals surface area contributed by atoms with Crippen LogP contribution in [0.5, 0.6) is 0 Å². The number of pyridine rings is 1. The highest BCUT2D eigenvalue weighted by Crippen LogP contribution is 2.35. The number of carbonyl (C=O) groups is 1. The maximum Gasteiger partial charge on any atom is 0.421 e. The molecular weight excluding hydrogens is 547 g/mol. The van der Waals surface area contributed by atoms with Gasteiger partial charge in [0.15, 0.2) is 0 Å². The second-order valence-electron chi connectivity index (χ2n) is 10.4. The van der Waals surface area contributed by atoms with Gasteiger partial charge in [0.1, 0.15) is 17.2 Å². The van der Waals surface area contributed by atoms with Gasteiger partial charge in [-0.1, -0.05) is 26.0 Å². The number of rotatable bonds is 8. The Hall–Kier alpha value is -3.94. The molecule has 3 heterocycles. The predicted octanol–water partition coefficient (Wildman–Crippen LogP) is 4.51. The summed E-state index contributed by atoms with van der Waals surface area (Å²) in [6.45, 7) is 5.30.